The van der Waals surface area contributed by atoms with Crippen LogP contribution in [0.2, 0.25) is 0 Å². The monoisotopic (exact) mass is 322 g/mol. The molecule has 1 fully saturated rings. The number of hydrogen-bond donors (Lipinski definition) is 0. The molecule has 2 rings (SSSR count). The first-order valence-electron chi connectivity index (χ1n) is 6.56. The van der Waals surface area contributed by atoms with E-state index in [1.807, 2.05) is 0 Å². The number of nitrogens with zero attached hydrogens (tertiary/aromatic N) is 2. The van der Waals surface area contributed by atoms with Gasteiger partial charge in [0.1, 0.15) is 0 Å². The van der Waals surface area contributed by atoms with Gasteiger partial charge >= 0.3 is 17.6 Å². The zero-order valence-electron chi connectivity index (χ0n) is 12.6. The molecule has 1 aromatic rings. The molecule has 0 atom stereocenters. The van der Waals surface area contributed by atoms with E-state index in [1.54, 1.807) is 0 Å². The molecule has 9 nitrogen and oxygen atoms in total. The molecular weight excluding hydrogens is 308 g/mol. The average Bonchev–Trinajstić information content (AvgIpc) is 2.44. The molecule has 1 aliphatic rings. The number of nitro benzene ring substituents is 1. The van der Waals surface area contributed by atoms with E-state index >= 15 is 0 Å². The number of esters is 2. The Bertz CT molecular complexity index is 676. The zero-order chi connectivity index (χ0) is 17.2. The van der Waals surface area contributed by atoms with Gasteiger partial charge in [-0.15, -0.1) is 0 Å². The number of carbonyl (C=O) groups is 2. The molecule has 23 heavy (non-hydrogen) atoms. The first-order chi connectivity index (χ1) is 10.7. The van der Waals surface area contributed by atoms with Crippen LogP contribution in [0.15, 0.2) is 23.2 Å². The summed E-state index contributed by atoms with van der Waals surface area (Å²) in [6.07, 6.45) is 1.03. The second-order valence-electron chi connectivity index (χ2n) is 5.11. The molecule has 0 radical (unpaired) electrons. The summed E-state index contributed by atoms with van der Waals surface area (Å²) in [6.45, 7) is 2.87. The molecule has 0 aromatic heterocycles. The van der Waals surface area contributed by atoms with Gasteiger partial charge in [-0.1, -0.05) is 0 Å². The molecule has 122 valence electrons. The summed E-state index contributed by atoms with van der Waals surface area (Å²) in [7, 11) is 1.31. The third-order valence-corrected chi connectivity index (χ3v) is 2.93. The smallest absolute Gasteiger partial charge is 0.329 e. The average molecular weight is 322 g/mol. The molecule has 0 aliphatic carbocycles. The molecule has 0 unspecified atom stereocenters. The van der Waals surface area contributed by atoms with Gasteiger partial charge in [0.2, 0.25) is 0 Å². The largest absolute Gasteiger partial charge is 0.490 e. The lowest BCUT2D eigenvalue weighted by atomic mass is 10.1. The van der Waals surface area contributed by atoms with Gasteiger partial charge in [-0.25, -0.2) is 0 Å². The summed E-state index contributed by atoms with van der Waals surface area (Å²) in [5.74, 6) is -4.15. The molecule has 1 aliphatic heterocycles. The van der Waals surface area contributed by atoms with Crippen molar-refractivity contribution < 1.29 is 28.7 Å². The van der Waals surface area contributed by atoms with E-state index < -0.39 is 28.6 Å². The normalized spacial score (nSPS) is 17.7. The van der Waals surface area contributed by atoms with Crippen LogP contribution in [-0.4, -0.2) is 36.0 Å². The first-order valence-corrected chi connectivity index (χ1v) is 6.56. The second-order valence-corrected chi connectivity index (χ2v) is 5.11. The van der Waals surface area contributed by atoms with E-state index in [9.17, 15) is 19.7 Å². The number of ether oxygens (including phenoxy) is 3. The summed E-state index contributed by atoms with van der Waals surface area (Å²) >= 11 is 0. The number of cyclic esters (lactones) is 2. The van der Waals surface area contributed by atoms with Gasteiger partial charge in [0.15, 0.2) is 11.7 Å². The summed E-state index contributed by atoms with van der Waals surface area (Å²) in [4.78, 5) is 37.8. The molecular formula is C14H14N2O7. The molecule has 0 amide bonds. The maximum atomic E-state index is 11.8. The highest BCUT2D eigenvalue weighted by molar-refractivity contribution is 6.10. The van der Waals surface area contributed by atoms with Crippen molar-refractivity contribution in [1.82, 2.24) is 0 Å². The maximum absolute atomic E-state index is 11.8. The summed E-state index contributed by atoms with van der Waals surface area (Å²) < 4.78 is 14.8. The van der Waals surface area contributed by atoms with Crippen LogP contribution >= 0.6 is 0 Å². The van der Waals surface area contributed by atoms with Gasteiger partial charge in [-0.05, 0) is 12.1 Å². The second kappa shape index (κ2) is 6.03. The lowest BCUT2D eigenvalue weighted by molar-refractivity contribution is -0.385. The highest BCUT2D eigenvalue weighted by atomic mass is 16.7. The molecule has 0 bridgehead atoms. The minimum atomic E-state index is -1.32. The van der Waals surface area contributed by atoms with Gasteiger partial charge in [-0.3, -0.25) is 24.7 Å². The van der Waals surface area contributed by atoms with Crippen LogP contribution in [0.25, 0.3) is 0 Å². The Balaban J connectivity index is 2.23. The van der Waals surface area contributed by atoms with E-state index in [-0.39, 0.29) is 17.1 Å². The van der Waals surface area contributed by atoms with Gasteiger partial charge in [0.05, 0.1) is 17.7 Å². The van der Waals surface area contributed by atoms with Crippen molar-refractivity contribution in [2.45, 2.75) is 19.6 Å². The van der Waals surface area contributed by atoms with Crippen molar-refractivity contribution in [2.24, 2.45) is 10.9 Å². The van der Waals surface area contributed by atoms with E-state index in [2.05, 4.69) is 4.99 Å². The predicted molar refractivity (Wildman–Crippen MR) is 77.6 cm³/mol. The fourth-order valence-electron chi connectivity index (χ4n) is 1.91. The fraction of sp³-hybridized carbons (Fsp3) is 0.357. The van der Waals surface area contributed by atoms with Crippen molar-refractivity contribution >= 4 is 29.5 Å². The number of nitro groups is 1. The number of benzene rings is 1. The van der Waals surface area contributed by atoms with Crippen LogP contribution in [0.3, 0.4) is 0 Å². The third kappa shape index (κ3) is 3.62. The van der Waals surface area contributed by atoms with Crippen molar-refractivity contribution in [3.05, 3.63) is 28.3 Å². The standard InChI is InChI=1S/C14H14N2O7/c1-14(2)22-12(17)9(13(18)23-14)7-15-8-4-5-11(21-3)10(6-8)16(19)20/h4-7,9H,1-3H3. The molecule has 9 heteroatoms. The molecule has 1 aromatic carbocycles. The SMILES string of the molecule is COc1ccc(N=CC2C(=O)OC(C)(C)OC2=O)cc1[N+](=O)[O-]. The quantitative estimate of drug-likeness (QED) is 0.272. The summed E-state index contributed by atoms with van der Waals surface area (Å²) in [5, 5.41) is 10.9. The zero-order valence-corrected chi connectivity index (χ0v) is 12.6. The van der Waals surface area contributed by atoms with Crippen molar-refractivity contribution in [1.29, 1.82) is 0 Å². The Morgan fingerprint density at radius 3 is 2.43 bits per heavy atom. The minimum absolute atomic E-state index is 0.0761. The van der Waals surface area contributed by atoms with Crippen LogP contribution in [0.5, 0.6) is 5.75 Å². The Kier molecular flexibility index (Phi) is 4.30. The fourth-order valence-corrected chi connectivity index (χ4v) is 1.91. The molecule has 0 N–H and O–H groups in total. The topological polar surface area (TPSA) is 117 Å². The van der Waals surface area contributed by atoms with Crippen LogP contribution in [0.4, 0.5) is 11.4 Å². The third-order valence-electron chi connectivity index (χ3n) is 2.93. The number of hydrogen-bond acceptors (Lipinski definition) is 8. The highest BCUT2D eigenvalue weighted by Gasteiger charge is 2.42. The minimum Gasteiger partial charge on any atom is -0.490 e. The number of aliphatic imine (C=N–C) groups is 1. The van der Waals surface area contributed by atoms with Crippen LogP contribution < -0.4 is 4.74 Å². The van der Waals surface area contributed by atoms with E-state index in [0.29, 0.717) is 0 Å². The summed E-state index contributed by atoms with van der Waals surface area (Å²) in [5.41, 5.74) is -0.0972. The molecule has 0 spiro atoms. The Hall–Kier alpha value is -2.97. The van der Waals surface area contributed by atoms with Crippen molar-refractivity contribution in [2.75, 3.05) is 7.11 Å². The number of rotatable bonds is 4. The number of carbonyl (C=O) groups excluding carboxylic acids is 2. The number of methoxy groups -OCH3 is 1. The van der Waals surface area contributed by atoms with Crippen LogP contribution in [0, 0.1) is 16.0 Å². The molecule has 1 saturated heterocycles. The Morgan fingerprint density at radius 2 is 1.91 bits per heavy atom. The van der Waals surface area contributed by atoms with E-state index in [4.69, 9.17) is 14.2 Å². The first kappa shape index (κ1) is 16.4. The maximum Gasteiger partial charge on any atom is 0.329 e. The van der Waals surface area contributed by atoms with Crippen LogP contribution in [-0.2, 0) is 19.1 Å². The Morgan fingerprint density at radius 1 is 1.30 bits per heavy atom. The van der Waals surface area contributed by atoms with Crippen LogP contribution in [0.1, 0.15) is 13.8 Å². The van der Waals surface area contributed by atoms with E-state index in [0.717, 1.165) is 6.21 Å². The lowest BCUT2D eigenvalue weighted by Gasteiger charge is -2.31. The Labute approximate surface area is 131 Å². The van der Waals surface area contributed by atoms with Gasteiger partial charge in [0.25, 0.3) is 5.79 Å². The highest BCUT2D eigenvalue weighted by Crippen LogP contribution is 2.31. The van der Waals surface area contributed by atoms with Gasteiger partial charge in [0, 0.05) is 26.1 Å². The summed E-state index contributed by atoms with van der Waals surface area (Å²) in [6, 6.07) is 3.98. The van der Waals surface area contributed by atoms with Crippen molar-refractivity contribution in [3.8, 4) is 5.75 Å². The lowest BCUT2D eigenvalue weighted by Crippen LogP contribution is -2.46. The molecule has 0 saturated carbocycles. The van der Waals surface area contributed by atoms with Gasteiger partial charge in [-0.2, -0.15) is 0 Å². The predicted octanol–water partition coefficient (Wildman–Crippen LogP) is 1.76. The van der Waals surface area contributed by atoms with Gasteiger partial charge < -0.3 is 14.2 Å². The van der Waals surface area contributed by atoms with E-state index in [1.165, 1.54) is 39.2 Å². The molecule has 1 heterocycles. The van der Waals surface area contributed by atoms with Crippen molar-refractivity contribution in [3.63, 3.8) is 0 Å².